The molecular formula is C23H24N3OS2+. The van der Waals surface area contributed by atoms with E-state index in [1.807, 2.05) is 55.3 Å². The molecule has 4 aromatic rings. The van der Waals surface area contributed by atoms with Crippen LogP contribution in [0.5, 0.6) is 0 Å². The van der Waals surface area contributed by atoms with E-state index in [0.717, 1.165) is 15.2 Å². The second-order valence-electron chi connectivity index (χ2n) is 7.04. The molecule has 2 atom stereocenters. The first-order chi connectivity index (χ1) is 14.1. The Morgan fingerprint density at radius 1 is 1.07 bits per heavy atom. The smallest absolute Gasteiger partial charge is 0.278 e. The summed E-state index contributed by atoms with van der Waals surface area (Å²) in [6.45, 7) is 2.44. The zero-order valence-electron chi connectivity index (χ0n) is 16.5. The molecule has 0 fully saturated rings. The van der Waals surface area contributed by atoms with Gasteiger partial charge in [0.2, 0.25) is 0 Å². The summed E-state index contributed by atoms with van der Waals surface area (Å²) in [5.41, 5.74) is 2.21. The van der Waals surface area contributed by atoms with Crippen LogP contribution in [0.1, 0.15) is 34.5 Å². The molecule has 4 nitrogen and oxygen atoms in total. The second kappa shape index (κ2) is 8.86. The topological polar surface area (TPSA) is 49.8 Å². The van der Waals surface area contributed by atoms with Gasteiger partial charge in [-0.15, -0.1) is 22.7 Å². The molecule has 0 bridgehead atoms. The summed E-state index contributed by atoms with van der Waals surface area (Å²) in [6, 6.07) is 22.8. The molecule has 6 heteroatoms. The summed E-state index contributed by atoms with van der Waals surface area (Å²) >= 11 is 3.38. The van der Waals surface area contributed by atoms with Crippen LogP contribution >= 0.6 is 22.7 Å². The van der Waals surface area contributed by atoms with E-state index >= 15 is 0 Å². The molecule has 0 aliphatic heterocycles. The maximum Gasteiger partial charge on any atom is 0.278 e. The Morgan fingerprint density at radius 2 is 1.83 bits per heavy atom. The molecule has 2 aromatic carbocycles. The number of carbonyl (C=O) groups excluding carboxylic acids is 1. The van der Waals surface area contributed by atoms with Gasteiger partial charge in [-0.2, -0.15) is 0 Å². The Balaban J connectivity index is 1.46. The molecule has 2 aromatic heterocycles. The average molecular weight is 423 g/mol. The van der Waals surface area contributed by atoms with Crippen LogP contribution in [0, 0.1) is 0 Å². The molecule has 29 heavy (non-hydrogen) atoms. The lowest BCUT2D eigenvalue weighted by Gasteiger charge is -2.23. The number of thiophene rings is 1. The third kappa shape index (κ3) is 4.40. The Hall–Kier alpha value is -2.54. The summed E-state index contributed by atoms with van der Waals surface area (Å²) in [5, 5.41) is 5.19. The average Bonchev–Trinajstić information content (AvgIpc) is 3.43. The maximum absolute atomic E-state index is 13.0. The largest absolute Gasteiger partial charge is 0.332 e. The van der Waals surface area contributed by atoms with Gasteiger partial charge < -0.3 is 10.2 Å². The van der Waals surface area contributed by atoms with Crippen molar-refractivity contribution in [3.05, 3.63) is 87.6 Å². The lowest BCUT2D eigenvalue weighted by molar-refractivity contribution is -0.676. The number of amides is 1. The van der Waals surface area contributed by atoms with Crippen LogP contribution in [0.4, 0.5) is 0 Å². The predicted molar refractivity (Wildman–Crippen MR) is 120 cm³/mol. The highest BCUT2D eigenvalue weighted by Crippen LogP contribution is 2.28. The van der Waals surface area contributed by atoms with E-state index in [1.165, 1.54) is 10.4 Å². The highest BCUT2D eigenvalue weighted by molar-refractivity contribution is 7.18. The third-order valence-corrected chi connectivity index (χ3v) is 7.34. The fraction of sp³-hybridized carbons (Fsp3) is 0.217. The number of thiazole rings is 1. The normalized spacial score (nSPS) is 13.3. The number of nitrogens with zero attached hydrogens (tertiary/aromatic N) is 2. The van der Waals surface area contributed by atoms with Crippen LogP contribution < -0.4 is 5.32 Å². The quantitative estimate of drug-likeness (QED) is 0.485. The van der Waals surface area contributed by atoms with Gasteiger partial charge in [-0.05, 0) is 30.5 Å². The van der Waals surface area contributed by atoms with Crippen molar-refractivity contribution in [2.24, 2.45) is 0 Å². The van der Waals surface area contributed by atoms with E-state index in [2.05, 4.69) is 41.0 Å². The first-order valence-electron chi connectivity index (χ1n) is 9.66. The zero-order chi connectivity index (χ0) is 20.2. The Bertz CT molecular complexity index is 1040. The molecule has 2 heterocycles. The molecule has 2 N–H and O–H groups in total. The molecule has 1 amide bonds. The SMILES string of the molecule is C[C@@H](c1nc2ccccc2s1)N(C)C(=O)C[NH2+][C@@H](c1ccccc1)c1cccs1. The summed E-state index contributed by atoms with van der Waals surface area (Å²) < 4.78 is 1.16. The molecule has 4 rings (SSSR count). The monoisotopic (exact) mass is 422 g/mol. The zero-order valence-corrected chi connectivity index (χ0v) is 18.1. The molecule has 0 aliphatic carbocycles. The highest BCUT2D eigenvalue weighted by atomic mass is 32.1. The van der Waals surface area contributed by atoms with E-state index in [-0.39, 0.29) is 18.0 Å². The molecule has 0 saturated heterocycles. The molecule has 0 unspecified atom stereocenters. The van der Waals surface area contributed by atoms with E-state index in [1.54, 1.807) is 22.7 Å². The Labute approximate surface area is 178 Å². The standard InChI is InChI=1S/C23H23N3OS2/c1-16(23-25-18-11-6-7-12-19(18)29-23)26(2)21(27)15-24-22(20-13-8-14-28-20)17-9-4-3-5-10-17/h3-14,16,22,24H,15H2,1-2H3/p+1/t16-,22-/m0/s1. The van der Waals surface area contributed by atoms with Crippen molar-refractivity contribution >= 4 is 38.8 Å². The van der Waals surface area contributed by atoms with Gasteiger partial charge in [0.05, 0.1) is 21.1 Å². The van der Waals surface area contributed by atoms with Gasteiger partial charge in [0.15, 0.2) is 6.54 Å². The van der Waals surface area contributed by atoms with Gasteiger partial charge in [-0.25, -0.2) is 4.98 Å². The number of quaternary nitrogens is 1. The fourth-order valence-corrected chi connectivity index (χ4v) is 5.27. The lowest BCUT2D eigenvalue weighted by atomic mass is 10.1. The van der Waals surface area contributed by atoms with Gasteiger partial charge in [0.1, 0.15) is 11.0 Å². The van der Waals surface area contributed by atoms with Gasteiger partial charge >= 0.3 is 0 Å². The van der Waals surface area contributed by atoms with E-state index in [4.69, 9.17) is 4.98 Å². The van der Waals surface area contributed by atoms with Crippen molar-refractivity contribution in [1.82, 2.24) is 9.88 Å². The Morgan fingerprint density at radius 3 is 2.55 bits per heavy atom. The van der Waals surface area contributed by atoms with Crippen LogP contribution in [-0.2, 0) is 4.79 Å². The predicted octanol–water partition coefficient (Wildman–Crippen LogP) is 4.23. The number of para-hydroxylation sites is 1. The van der Waals surface area contributed by atoms with Crippen molar-refractivity contribution in [1.29, 1.82) is 0 Å². The minimum absolute atomic E-state index is 0.0507. The summed E-state index contributed by atoms with van der Waals surface area (Å²) in [4.78, 5) is 20.7. The number of rotatable bonds is 7. The van der Waals surface area contributed by atoms with Crippen molar-refractivity contribution < 1.29 is 10.1 Å². The Kier molecular flexibility index (Phi) is 6.04. The van der Waals surface area contributed by atoms with Crippen LogP contribution in [0.15, 0.2) is 72.1 Å². The summed E-state index contributed by atoms with van der Waals surface area (Å²) in [5.74, 6) is 0.106. The summed E-state index contributed by atoms with van der Waals surface area (Å²) in [7, 11) is 1.87. The number of hydrogen-bond acceptors (Lipinski definition) is 4. The maximum atomic E-state index is 13.0. The molecule has 0 aliphatic rings. The van der Waals surface area contributed by atoms with Crippen LogP contribution in [0.3, 0.4) is 0 Å². The number of fused-ring (bicyclic) bond motifs is 1. The van der Waals surface area contributed by atoms with Crippen molar-refractivity contribution in [2.75, 3.05) is 13.6 Å². The third-order valence-electron chi connectivity index (χ3n) is 5.18. The van der Waals surface area contributed by atoms with Crippen LogP contribution in [0.2, 0.25) is 0 Å². The first-order valence-corrected chi connectivity index (χ1v) is 11.4. The van der Waals surface area contributed by atoms with Gasteiger partial charge in [-0.3, -0.25) is 4.79 Å². The summed E-state index contributed by atoms with van der Waals surface area (Å²) in [6.07, 6.45) is 0. The van der Waals surface area contributed by atoms with E-state index in [0.29, 0.717) is 6.54 Å². The fourth-order valence-electron chi connectivity index (χ4n) is 3.36. The van der Waals surface area contributed by atoms with Crippen molar-refractivity contribution in [3.8, 4) is 0 Å². The lowest BCUT2D eigenvalue weighted by Crippen LogP contribution is -2.87. The van der Waals surface area contributed by atoms with E-state index in [9.17, 15) is 4.79 Å². The van der Waals surface area contributed by atoms with Gasteiger partial charge in [0, 0.05) is 12.6 Å². The van der Waals surface area contributed by atoms with E-state index < -0.39 is 0 Å². The first kappa shape index (κ1) is 19.8. The molecule has 0 radical (unpaired) electrons. The number of benzene rings is 2. The minimum atomic E-state index is -0.0507. The number of hydrogen-bond donors (Lipinski definition) is 1. The van der Waals surface area contributed by atoms with Gasteiger partial charge in [0.25, 0.3) is 5.91 Å². The number of carbonyl (C=O) groups is 1. The molecule has 0 spiro atoms. The van der Waals surface area contributed by atoms with Crippen LogP contribution in [0.25, 0.3) is 10.2 Å². The second-order valence-corrected chi connectivity index (χ2v) is 9.09. The number of nitrogens with two attached hydrogens (primary N) is 1. The van der Waals surface area contributed by atoms with Crippen LogP contribution in [-0.4, -0.2) is 29.4 Å². The van der Waals surface area contributed by atoms with Gasteiger partial charge in [-0.1, -0.05) is 48.5 Å². The molecule has 0 saturated carbocycles. The highest BCUT2D eigenvalue weighted by Gasteiger charge is 2.25. The molecule has 148 valence electrons. The van der Waals surface area contributed by atoms with Crippen molar-refractivity contribution in [2.45, 2.75) is 19.0 Å². The minimum Gasteiger partial charge on any atom is -0.332 e. The number of likely N-dealkylation sites (N-methyl/N-ethyl adjacent to an activating group) is 1. The number of aromatic nitrogens is 1. The van der Waals surface area contributed by atoms with Crippen molar-refractivity contribution in [3.63, 3.8) is 0 Å². The molecular weight excluding hydrogens is 398 g/mol.